The average Bonchev–Trinajstić information content (AvgIpc) is 2.37. The van der Waals surface area contributed by atoms with Gasteiger partial charge in [0.15, 0.2) is 0 Å². The number of aromatic amines is 1. The smallest absolute Gasteiger partial charge is 0.330 e. The summed E-state index contributed by atoms with van der Waals surface area (Å²) in [5, 5.41) is 7.38. The first kappa shape index (κ1) is 12.0. The largest absolute Gasteiger partial charge is 0.463 e. The molecule has 18 heavy (non-hydrogen) atoms. The van der Waals surface area contributed by atoms with Crippen molar-refractivity contribution in [3.63, 3.8) is 0 Å². The Kier molecular flexibility index (Phi) is 3.52. The Morgan fingerprint density at radius 3 is 3.11 bits per heavy atom. The van der Waals surface area contributed by atoms with E-state index in [1.165, 1.54) is 6.08 Å². The molecule has 0 bridgehead atoms. The van der Waals surface area contributed by atoms with Gasteiger partial charge in [0.2, 0.25) is 0 Å². The number of nitrogens with one attached hydrogen (secondary N) is 1. The molecular weight excluding hydrogens is 232 g/mol. The van der Waals surface area contributed by atoms with Crippen molar-refractivity contribution in [2.24, 2.45) is 0 Å². The molecule has 5 heteroatoms. The number of fused-ring (bicyclic) bond motifs is 1. The van der Waals surface area contributed by atoms with Crippen molar-refractivity contribution in [3.8, 4) is 0 Å². The Labute approximate surface area is 103 Å². The van der Waals surface area contributed by atoms with E-state index < -0.39 is 0 Å². The summed E-state index contributed by atoms with van der Waals surface area (Å²) in [4.78, 5) is 22.6. The predicted octanol–water partition coefficient (Wildman–Crippen LogP) is 1.50. The molecule has 5 nitrogen and oxygen atoms in total. The van der Waals surface area contributed by atoms with E-state index in [9.17, 15) is 9.59 Å². The molecule has 0 aliphatic carbocycles. The fourth-order valence-electron chi connectivity index (χ4n) is 1.57. The van der Waals surface area contributed by atoms with Gasteiger partial charge in [0.05, 0.1) is 18.2 Å². The third-order valence-electron chi connectivity index (χ3n) is 2.39. The van der Waals surface area contributed by atoms with Crippen LogP contribution in [-0.2, 0) is 9.53 Å². The lowest BCUT2D eigenvalue weighted by atomic mass is 10.1. The molecule has 0 saturated heterocycles. The summed E-state index contributed by atoms with van der Waals surface area (Å²) >= 11 is 0. The molecule has 2 rings (SSSR count). The van der Waals surface area contributed by atoms with Crippen molar-refractivity contribution in [1.82, 2.24) is 10.2 Å². The molecule has 1 aromatic heterocycles. The number of nitrogens with zero attached hydrogens (tertiary/aromatic N) is 1. The van der Waals surface area contributed by atoms with Gasteiger partial charge in [-0.05, 0) is 30.7 Å². The van der Waals surface area contributed by atoms with Gasteiger partial charge in [-0.3, -0.25) is 4.79 Å². The normalized spacial score (nSPS) is 10.9. The highest BCUT2D eigenvalue weighted by atomic mass is 16.5. The zero-order valence-electron chi connectivity index (χ0n) is 9.84. The standard InChI is InChI=1S/C13H12N2O3/c1-2-18-12(16)6-4-9-3-5-11-10(7-9)8-14-15-13(11)17/h3-8H,2H2,1H3,(H,15,17). The molecule has 0 aliphatic rings. The summed E-state index contributed by atoms with van der Waals surface area (Å²) < 4.78 is 4.78. The zero-order chi connectivity index (χ0) is 13.0. The molecule has 0 spiro atoms. The van der Waals surface area contributed by atoms with Gasteiger partial charge in [0, 0.05) is 11.5 Å². The maximum absolute atomic E-state index is 11.4. The van der Waals surface area contributed by atoms with E-state index in [1.54, 1.807) is 37.4 Å². The minimum atomic E-state index is -0.387. The van der Waals surface area contributed by atoms with Gasteiger partial charge in [0.1, 0.15) is 0 Å². The Morgan fingerprint density at radius 2 is 2.33 bits per heavy atom. The van der Waals surface area contributed by atoms with E-state index in [1.807, 2.05) is 0 Å². The Bertz CT molecular complexity index is 659. The molecule has 0 aliphatic heterocycles. The number of ether oxygens (including phenoxy) is 1. The summed E-state index contributed by atoms with van der Waals surface area (Å²) in [7, 11) is 0. The Balaban J connectivity index is 2.31. The number of esters is 1. The lowest BCUT2D eigenvalue weighted by Gasteiger charge is -1.98. The highest BCUT2D eigenvalue weighted by Gasteiger charge is 1.99. The molecule has 0 atom stereocenters. The van der Waals surface area contributed by atoms with Crippen LogP contribution in [0, 0.1) is 0 Å². The molecule has 0 radical (unpaired) electrons. The van der Waals surface area contributed by atoms with Crippen molar-refractivity contribution in [1.29, 1.82) is 0 Å². The molecule has 1 N–H and O–H groups in total. The van der Waals surface area contributed by atoms with E-state index in [0.29, 0.717) is 12.0 Å². The van der Waals surface area contributed by atoms with Crippen LogP contribution in [0.3, 0.4) is 0 Å². The zero-order valence-corrected chi connectivity index (χ0v) is 9.84. The molecule has 1 heterocycles. The second kappa shape index (κ2) is 5.27. The molecule has 0 amide bonds. The van der Waals surface area contributed by atoms with Crippen molar-refractivity contribution < 1.29 is 9.53 Å². The van der Waals surface area contributed by atoms with Crippen LogP contribution in [0.5, 0.6) is 0 Å². The van der Waals surface area contributed by atoms with Gasteiger partial charge in [-0.2, -0.15) is 5.10 Å². The molecule has 2 aromatic rings. The quantitative estimate of drug-likeness (QED) is 0.656. The number of carbonyl (C=O) groups is 1. The average molecular weight is 244 g/mol. The number of carbonyl (C=O) groups excluding carboxylic acids is 1. The van der Waals surface area contributed by atoms with Crippen LogP contribution < -0.4 is 5.56 Å². The van der Waals surface area contributed by atoms with Gasteiger partial charge in [-0.1, -0.05) is 6.07 Å². The van der Waals surface area contributed by atoms with Crippen LogP contribution in [0.15, 0.2) is 35.3 Å². The van der Waals surface area contributed by atoms with Gasteiger partial charge in [0.25, 0.3) is 5.56 Å². The minimum Gasteiger partial charge on any atom is -0.463 e. The molecule has 92 valence electrons. The molecule has 0 fully saturated rings. The van der Waals surface area contributed by atoms with Crippen LogP contribution in [0.1, 0.15) is 12.5 Å². The number of aromatic nitrogens is 2. The summed E-state index contributed by atoms with van der Waals surface area (Å²) in [6, 6.07) is 5.24. The number of hydrogen-bond donors (Lipinski definition) is 1. The second-order valence-electron chi connectivity index (χ2n) is 3.63. The third kappa shape index (κ3) is 2.63. The monoisotopic (exact) mass is 244 g/mol. The highest BCUT2D eigenvalue weighted by molar-refractivity contribution is 5.89. The van der Waals surface area contributed by atoms with Crippen molar-refractivity contribution in [2.75, 3.05) is 6.61 Å². The minimum absolute atomic E-state index is 0.228. The maximum atomic E-state index is 11.4. The van der Waals surface area contributed by atoms with Crippen LogP contribution >= 0.6 is 0 Å². The summed E-state index contributed by atoms with van der Waals surface area (Å²) in [5.74, 6) is -0.387. The number of H-pyrrole nitrogens is 1. The van der Waals surface area contributed by atoms with Gasteiger partial charge < -0.3 is 4.74 Å². The lowest BCUT2D eigenvalue weighted by Crippen LogP contribution is -2.07. The van der Waals surface area contributed by atoms with Crippen LogP contribution in [0.25, 0.3) is 16.8 Å². The number of rotatable bonds is 3. The maximum Gasteiger partial charge on any atom is 0.330 e. The predicted molar refractivity (Wildman–Crippen MR) is 68.0 cm³/mol. The number of hydrogen-bond acceptors (Lipinski definition) is 4. The Morgan fingerprint density at radius 1 is 1.50 bits per heavy atom. The second-order valence-corrected chi connectivity index (χ2v) is 3.63. The summed E-state index contributed by atoms with van der Waals surface area (Å²) in [6.45, 7) is 2.10. The fourth-order valence-corrected chi connectivity index (χ4v) is 1.57. The Hall–Kier alpha value is -2.43. The van der Waals surface area contributed by atoms with Crippen molar-refractivity contribution in [3.05, 3.63) is 46.4 Å². The van der Waals surface area contributed by atoms with Crippen LogP contribution in [-0.4, -0.2) is 22.8 Å². The molecule has 1 aromatic carbocycles. The van der Waals surface area contributed by atoms with E-state index in [4.69, 9.17) is 4.74 Å². The van der Waals surface area contributed by atoms with Crippen molar-refractivity contribution >= 4 is 22.8 Å². The van der Waals surface area contributed by atoms with E-state index in [0.717, 1.165) is 10.9 Å². The van der Waals surface area contributed by atoms with Crippen LogP contribution in [0.2, 0.25) is 0 Å². The van der Waals surface area contributed by atoms with Gasteiger partial charge >= 0.3 is 5.97 Å². The van der Waals surface area contributed by atoms with E-state index >= 15 is 0 Å². The first-order valence-corrected chi connectivity index (χ1v) is 5.53. The topological polar surface area (TPSA) is 72.1 Å². The van der Waals surface area contributed by atoms with Gasteiger partial charge in [-0.15, -0.1) is 0 Å². The third-order valence-corrected chi connectivity index (χ3v) is 2.39. The summed E-state index contributed by atoms with van der Waals surface area (Å²) in [6.07, 6.45) is 4.56. The SMILES string of the molecule is CCOC(=O)C=Cc1ccc2c(=O)[nH]ncc2c1. The molecular formula is C13H12N2O3. The van der Waals surface area contributed by atoms with E-state index in [2.05, 4.69) is 10.2 Å². The lowest BCUT2D eigenvalue weighted by molar-refractivity contribution is -0.137. The van der Waals surface area contributed by atoms with Gasteiger partial charge in [-0.25, -0.2) is 9.89 Å². The van der Waals surface area contributed by atoms with E-state index in [-0.39, 0.29) is 11.5 Å². The fraction of sp³-hybridized carbons (Fsp3) is 0.154. The highest BCUT2D eigenvalue weighted by Crippen LogP contribution is 2.12. The first-order valence-electron chi connectivity index (χ1n) is 5.53. The van der Waals surface area contributed by atoms with Crippen LogP contribution in [0.4, 0.5) is 0 Å². The first-order chi connectivity index (χ1) is 8.70. The number of benzene rings is 1. The molecule has 0 unspecified atom stereocenters. The van der Waals surface area contributed by atoms with Crippen molar-refractivity contribution in [2.45, 2.75) is 6.92 Å². The molecule has 0 saturated carbocycles. The summed E-state index contributed by atoms with van der Waals surface area (Å²) in [5.41, 5.74) is 0.580.